The van der Waals surface area contributed by atoms with Crippen LogP contribution in [0.2, 0.25) is 5.02 Å². The summed E-state index contributed by atoms with van der Waals surface area (Å²) in [6.45, 7) is 1.77. The Morgan fingerprint density at radius 2 is 1.90 bits per heavy atom. The van der Waals surface area contributed by atoms with Gasteiger partial charge >= 0.3 is 0 Å². The van der Waals surface area contributed by atoms with Gasteiger partial charge in [-0.2, -0.15) is 0 Å². The number of ether oxygens (including phenoxy) is 1. The first-order valence-corrected chi connectivity index (χ1v) is 12.8. The van der Waals surface area contributed by atoms with Crippen molar-refractivity contribution in [2.75, 3.05) is 7.11 Å². The number of halogens is 3. The number of methoxy groups -OCH3 is 1. The van der Waals surface area contributed by atoms with Gasteiger partial charge in [-0.3, -0.25) is 19.4 Å². The molecule has 3 heterocycles. The van der Waals surface area contributed by atoms with Crippen LogP contribution < -0.4 is 16.0 Å². The monoisotopic (exact) mass is 573 g/mol. The molecule has 202 valence electrons. The number of benzene rings is 1. The number of nitrogens with two attached hydrogens (primary N) is 1. The second-order valence-electron chi connectivity index (χ2n) is 8.42. The van der Waals surface area contributed by atoms with E-state index < -0.39 is 28.9 Å². The van der Waals surface area contributed by atoms with E-state index >= 15 is 0 Å². The average Bonchev–Trinajstić information content (AvgIpc) is 3.40. The number of primary amides is 1. The smallest absolute Gasteiger partial charge is 0.291 e. The fraction of sp³-hybridized carbons (Fsp3) is 0.231. The molecule has 13 heteroatoms. The van der Waals surface area contributed by atoms with Gasteiger partial charge in [0.1, 0.15) is 16.5 Å². The molecule has 4 aromatic rings. The van der Waals surface area contributed by atoms with Crippen LogP contribution in [0.4, 0.5) is 8.78 Å². The van der Waals surface area contributed by atoms with E-state index in [2.05, 4.69) is 15.2 Å². The van der Waals surface area contributed by atoms with Crippen molar-refractivity contribution in [3.63, 3.8) is 0 Å². The Labute approximate surface area is 230 Å². The van der Waals surface area contributed by atoms with E-state index in [0.29, 0.717) is 33.7 Å². The van der Waals surface area contributed by atoms with Crippen molar-refractivity contribution >= 4 is 34.6 Å². The van der Waals surface area contributed by atoms with Crippen LogP contribution in [0.3, 0.4) is 0 Å². The Morgan fingerprint density at radius 3 is 2.49 bits per heavy atom. The van der Waals surface area contributed by atoms with Crippen LogP contribution in [0, 0.1) is 0 Å². The molecule has 0 saturated heterocycles. The van der Waals surface area contributed by atoms with E-state index in [1.54, 1.807) is 31.2 Å². The van der Waals surface area contributed by atoms with E-state index in [9.17, 15) is 23.2 Å². The van der Waals surface area contributed by atoms with Gasteiger partial charge in [-0.1, -0.05) is 35.9 Å². The molecule has 1 atom stereocenters. The predicted molar refractivity (Wildman–Crippen MR) is 142 cm³/mol. The number of alkyl halides is 2. The Hall–Kier alpha value is -4.03. The number of hydrogen-bond donors (Lipinski definition) is 1. The molecule has 0 saturated carbocycles. The van der Waals surface area contributed by atoms with Crippen LogP contribution in [0.5, 0.6) is 5.75 Å². The molecular formula is C26H22ClF2N5O4S. The standard InChI is InChI=1S/C26H22ClF2N5O4S/c1-3-19(20(35)8-13-4-7-18(24(30)37)31-11-13)34-12-21(38-2)17(10-22(34)36)16-9-14(27)5-6-15(16)25-32-33-26(39-25)23(28)29/h4-7,9-12,19,23H,3,8H2,1-2H3,(H2,30,37). The molecule has 9 nitrogen and oxygen atoms in total. The Bertz CT molecular complexity index is 1590. The third-order valence-corrected chi connectivity index (χ3v) is 7.14. The van der Waals surface area contributed by atoms with Crippen LogP contribution in [0.15, 0.2) is 53.6 Å². The lowest BCUT2D eigenvalue weighted by Crippen LogP contribution is -2.30. The van der Waals surface area contributed by atoms with Crippen LogP contribution in [-0.2, 0) is 11.2 Å². The maximum absolute atomic E-state index is 13.3. The SMILES string of the molecule is CCC(C(=O)Cc1ccc(C(N)=O)nc1)n1cc(OC)c(-c2cc(Cl)ccc2-c2nnc(C(F)F)s2)cc1=O. The number of aromatic nitrogens is 4. The van der Waals surface area contributed by atoms with Crippen LogP contribution >= 0.6 is 22.9 Å². The Balaban J connectivity index is 1.73. The third kappa shape index (κ3) is 6.02. The first kappa shape index (κ1) is 28.0. The number of nitrogens with zero attached hydrogens (tertiary/aromatic N) is 4. The molecule has 0 fully saturated rings. The van der Waals surface area contributed by atoms with Crippen LogP contribution in [-0.4, -0.2) is 38.5 Å². The summed E-state index contributed by atoms with van der Waals surface area (Å²) in [4.78, 5) is 41.7. The highest BCUT2D eigenvalue weighted by Gasteiger charge is 2.24. The molecule has 4 rings (SSSR count). The summed E-state index contributed by atoms with van der Waals surface area (Å²) in [6.07, 6.45) is 0.352. The number of ketones is 1. The number of carbonyl (C=O) groups is 2. The van der Waals surface area contributed by atoms with Gasteiger partial charge in [-0.25, -0.2) is 8.78 Å². The fourth-order valence-corrected chi connectivity index (χ4v) is 4.99. The first-order chi connectivity index (χ1) is 18.6. The summed E-state index contributed by atoms with van der Waals surface area (Å²) in [5, 5.41) is 7.57. The van der Waals surface area contributed by atoms with Crippen molar-refractivity contribution in [3.8, 4) is 27.4 Å². The molecular weight excluding hydrogens is 552 g/mol. The molecule has 2 N–H and O–H groups in total. The van der Waals surface area contributed by atoms with Crippen molar-refractivity contribution in [1.29, 1.82) is 0 Å². The highest BCUT2D eigenvalue weighted by atomic mass is 35.5. The first-order valence-electron chi connectivity index (χ1n) is 11.6. The van der Waals surface area contributed by atoms with Gasteiger partial charge in [0.05, 0.1) is 19.3 Å². The zero-order chi connectivity index (χ0) is 28.3. The van der Waals surface area contributed by atoms with E-state index in [1.165, 1.54) is 36.2 Å². The van der Waals surface area contributed by atoms with Gasteiger partial charge in [0.15, 0.2) is 10.8 Å². The van der Waals surface area contributed by atoms with Gasteiger partial charge in [0.2, 0.25) is 0 Å². The summed E-state index contributed by atoms with van der Waals surface area (Å²) in [6, 6.07) is 8.27. The van der Waals surface area contributed by atoms with Crippen molar-refractivity contribution in [3.05, 3.63) is 80.4 Å². The van der Waals surface area contributed by atoms with Gasteiger partial charge in [-0.15, -0.1) is 10.2 Å². The lowest BCUT2D eigenvalue weighted by atomic mass is 9.99. The molecule has 0 aliphatic rings. The normalized spacial score (nSPS) is 11.9. The third-order valence-electron chi connectivity index (χ3n) is 5.94. The minimum absolute atomic E-state index is 0.0248. The molecule has 1 amide bonds. The van der Waals surface area contributed by atoms with Crippen molar-refractivity contribution < 1.29 is 23.1 Å². The Kier molecular flexibility index (Phi) is 8.46. The summed E-state index contributed by atoms with van der Waals surface area (Å²) in [5.74, 6) is -0.670. The van der Waals surface area contributed by atoms with E-state index in [-0.39, 0.29) is 28.7 Å². The van der Waals surface area contributed by atoms with E-state index in [0.717, 1.165) is 11.3 Å². The molecule has 0 bridgehead atoms. The molecule has 3 aromatic heterocycles. The molecule has 0 spiro atoms. The molecule has 0 aliphatic heterocycles. The predicted octanol–water partition coefficient (Wildman–Crippen LogP) is 4.89. The fourth-order valence-electron chi connectivity index (χ4n) is 4.08. The zero-order valence-electron chi connectivity index (χ0n) is 20.7. The minimum Gasteiger partial charge on any atom is -0.495 e. The number of hydrogen-bond acceptors (Lipinski definition) is 8. The molecule has 1 aromatic carbocycles. The number of amides is 1. The summed E-state index contributed by atoms with van der Waals surface area (Å²) < 4.78 is 33.1. The molecule has 39 heavy (non-hydrogen) atoms. The quantitative estimate of drug-likeness (QED) is 0.286. The van der Waals surface area contributed by atoms with E-state index in [4.69, 9.17) is 22.1 Å². The van der Waals surface area contributed by atoms with E-state index in [1.807, 2.05) is 0 Å². The van der Waals surface area contributed by atoms with Gasteiger partial charge in [0.25, 0.3) is 17.9 Å². The zero-order valence-corrected chi connectivity index (χ0v) is 22.3. The molecule has 1 unspecified atom stereocenters. The second-order valence-corrected chi connectivity index (χ2v) is 9.87. The average molecular weight is 574 g/mol. The van der Waals surface area contributed by atoms with Gasteiger partial charge < -0.3 is 15.0 Å². The van der Waals surface area contributed by atoms with Crippen molar-refractivity contribution in [1.82, 2.24) is 19.7 Å². The highest BCUT2D eigenvalue weighted by Crippen LogP contribution is 2.40. The largest absolute Gasteiger partial charge is 0.495 e. The molecule has 0 radical (unpaired) electrons. The highest BCUT2D eigenvalue weighted by molar-refractivity contribution is 7.14. The maximum Gasteiger partial charge on any atom is 0.291 e. The summed E-state index contributed by atoms with van der Waals surface area (Å²) >= 11 is 6.97. The lowest BCUT2D eigenvalue weighted by Gasteiger charge is -2.20. The summed E-state index contributed by atoms with van der Waals surface area (Å²) in [5.41, 5.74) is 6.58. The molecule has 0 aliphatic carbocycles. The van der Waals surface area contributed by atoms with Crippen molar-refractivity contribution in [2.24, 2.45) is 5.73 Å². The van der Waals surface area contributed by atoms with Crippen LogP contribution in [0.1, 0.15) is 46.9 Å². The number of carbonyl (C=O) groups excluding carboxylic acids is 2. The topological polar surface area (TPSA) is 130 Å². The van der Waals surface area contributed by atoms with Gasteiger partial charge in [-0.05, 0) is 41.8 Å². The van der Waals surface area contributed by atoms with Gasteiger partial charge in [0, 0.05) is 34.8 Å². The number of rotatable bonds is 10. The minimum atomic E-state index is -2.77. The maximum atomic E-state index is 13.3. The lowest BCUT2D eigenvalue weighted by molar-refractivity contribution is -0.121. The number of pyridine rings is 2. The number of Topliss-reactive ketones (excluding diaryl/α,β-unsaturated/α-hetero) is 1. The summed E-state index contributed by atoms with van der Waals surface area (Å²) in [7, 11) is 1.41. The second kappa shape index (κ2) is 11.8. The van der Waals surface area contributed by atoms with Crippen LogP contribution in [0.25, 0.3) is 21.7 Å². The van der Waals surface area contributed by atoms with Crippen molar-refractivity contribution in [2.45, 2.75) is 32.2 Å². The Morgan fingerprint density at radius 1 is 1.13 bits per heavy atom.